The predicted octanol–water partition coefficient (Wildman–Crippen LogP) is 0.707. The van der Waals surface area contributed by atoms with Crippen molar-refractivity contribution < 1.29 is 8.42 Å². The molecule has 6 nitrogen and oxygen atoms in total. The third kappa shape index (κ3) is 1.82. The standard InChI is InChI=1S/C12H14N4O2S/c1-15-8-14-11(13)12(15)19(17,18)16-6-9-4-2-3-5-10(9)7-16/h2-5,8H,6-7,13H2,1H3. The Labute approximate surface area is 111 Å². The van der Waals surface area contributed by atoms with E-state index >= 15 is 0 Å². The number of aromatic nitrogens is 2. The van der Waals surface area contributed by atoms with Crippen LogP contribution in [0.2, 0.25) is 0 Å². The number of aryl methyl sites for hydroxylation is 1. The van der Waals surface area contributed by atoms with Crippen LogP contribution in [0.25, 0.3) is 0 Å². The zero-order chi connectivity index (χ0) is 13.6. The molecule has 0 fully saturated rings. The van der Waals surface area contributed by atoms with Crippen molar-refractivity contribution in [3.63, 3.8) is 0 Å². The van der Waals surface area contributed by atoms with Gasteiger partial charge in [-0.05, 0) is 11.1 Å². The summed E-state index contributed by atoms with van der Waals surface area (Å²) in [5.41, 5.74) is 7.73. The van der Waals surface area contributed by atoms with Crippen LogP contribution >= 0.6 is 0 Å². The summed E-state index contributed by atoms with van der Waals surface area (Å²) in [4.78, 5) is 3.84. The normalized spacial score (nSPS) is 15.6. The van der Waals surface area contributed by atoms with Crippen molar-refractivity contribution in [2.45, 2.75) is 18.1 Å². The van der Waals surface area contributed by atoms with E-state index in [4.69, 9.17) is 5.73 Å². The van der Waals surface area contributed by atoms with Gasteiger partial charge < -0.3 is 10.3 Å². The molecule has 2 aromatic rings. The summed E-state index contributed by atoms with van der Waals surface area (Å²) in [5.74, 6) is 0.0402. The molecule has 19 heavy (non-hydrogen) atoms. The number of imidazole rings is 1. The van der Waals surface area contributed by atoms with E-state index in [9.17, 15) is 8.42 Å². The van der Waals surface area contributed by atoms with E-state index in [1.54, 1.807) is 7.05 Å². The molecule has 2 N–H and O–H groups in total. The van der Waals surface area contributed by atoms with Crippen molar-refractivity contribution in [1.82, 2.24) is 13.9 Å². The summed E-state index contributed by atoms with van der Waals surface area (Å²) in [6, 6.07) is 7.70. The van der Waals surface area contributed by atoms with E-state index < -0.39 is 10.0 Å². The lowest BCUT2D eigenvalue weighted by Crippen LogP contribution is -2.28. The van der Waals surface area contributed by atoms with Gasteiger partial charge in [0.15, 0.2) is 10.8 Å². The van der Waals surface area contributed by atoms with E-state index in [0.717, 1.165) is 11.1 Å². The van der Waals surface area contributed by atoms with Crippen LogP contribution in [0.4, 0.5) is 5.82 Å². The van der Waals surface area contributed by atoms with Gasteiger partial charge >= 0.3 is 0 Å². The molecule has 0 saturated heterocycles. The van der Waals surface area contributed by atoms with Gasteiger partial charge in [-0.2, -0.15) is 4.31 Å². The Kier molecular flexibility index (Phi) is 2.61. The van der Waals surface area contributed by atoms with Crippen LogP contribution in [0.15, 0.2) is 35.6 Å². The predicted molar refractivity (Wildman–Crippen MR) is 70.5 cm³/mol. The summed E-state index contributed by atoms with van der Waals surface area (Å²) < 4.78 is 28.0. The van der Waals surface area contributed by atoms with E-state index in [0.29, 0.717) is 13.1 Å². The summed E-state index contributed by atoms with van der Waals surface area (Å²) in [6.45, 7) is 0.756. The number of benzene rings is 1. The number of sulfonamides is 1. The van der Waals surface area contributed by atoms with Crippen molar-refractivity contribution in [2.24, 2.45) is 7.05 Å². The maximum Gasteiger partial charge on any atom is 0.263 e. The molecule has 0 aliphatic carbocycles. The molecule has 3 rings (SSSR count). The minimum Gasteiger partial charge on any atom is -0.381 e. The second kappa shape index (κ2) is 4.07. The highest BCUT2D eigenvalue weighted by Gasteiger charge is 2.33. The van der Waals surface area contributed by atoms with Crippen LogP contribution in [0.3, 0.4) is 0 Å². The Balaban J connectivity index is 2.01. The summed E-state index contributed by atoms with van der Waals surface area (Å²) >= 11 is 0. The van der Waals surface area contributed by atoms with Gasteiger partial charge in [-0.25, -0.2) is 13.4 Å². The monoisotopic (exact) mass is 278 g/mol. The van der Waals surface area contributed by atoms with Crippen LogP contribution < -0.4 is 5.73 Å². The Bertz CT molecular complexity index is 691. The van der Waals surface area contributed by atoms with Crippen LogP contribution in [0.1, 0.15) is 11.1 Å². The Morgan fingerprint density at radius 1 is 1.21 bits per heavy atom. The molecule has 1 aliphatic heterocycles. The zero-order valence-electron chi connectivity index (χ0n) is 10.4. The van der Waals surface area contributed by atoms with Gasteiger partial charge in [-0.1, -0.05) is 24.3 Å². The van der Waals surface area contributed by atoms with E-state index in [1.807, 2.05) is 24.3 Å². The highest BCUT2D eigenvalue weighted by molar-refractivity contribution is 7.89. The van der Waals surface area contributed by atoms with Crippen molar-refractivity contribution in [3.05, 3.63) is 41.7 Å². The van der Waals surface area contributed by atoms with Gasteiger partial charge in [0.25, 0.3) is 10.0 Å². The van der Waals surface area contributed by atoms with Crippen molar-refractivity contribution >= 4 is 15.8 Å². The number of nitrogens with two attached hydrogens (primary N) is 1. The van der Waals surface area contributed by atoms with Gasteiger partial charge in [0.1, 0.15) is 0 Å². The molecule has 0 amide bonds. The van der Waals surface area contributed by atoms with E-state index in [2.05, 4.69) is 4.98 Å². The molecule has 0 radical (unpaired) electrons. The lowest BCUT2D eigenvalue weighted by Gasteiger charge is -2.16. The highest BCUT2D eigenvalue weighted by atomic mass is 32.2. The molecule has 7 heteroatoms. The fourth-order valence-corrected chi connectivity index (χ4v) is 3.94. The SMILES string of the molecule is Cn1cnc(N)c1S(=O)(=O)N1Cc2ccccc2C1. The minimum atomic E-state index is -3.62. The van der Waals surface area contributed by atoms with Crippen LogP contribution in [-0.4, -0.2) is 22.3 Å². The quantitative estimate of drug-likeness (QED) is 0.877. The molecule has 100 valence electrons. The lowest BCUT2D eigenvalue weighted by atomic mass is 10.1. The number of nitrogens with zero attached hydrogens (tertiary/aromatic N) is 3. The van der Waals surface area contributed by atoms with Gasteiger partial charge in [-0.3, -0.25) is 0 Å². The number of nitrogen functional groups attached to an aromatic ring is 1. The first-order valence-electron chi connectivity index (χ1n) is 5.84. The lowest BCUT2D eigenvalue weighted by molar-refractivity contribution is 0.427. The van der Waals surface area contributed by atoms with E-state index in [-0.39, 0.29) is 10.8 Å². The smallest absolute Gasteiger partial charge is 0.263 e. The molecule has 2 heterocycles. The van der Waals surface area contributed by atoms with Crippen LogP contribution in [0.5, 0.6) is 0 Å². The van der Waals surface area contributed by atoms with Crippen molar-refractivity contribution in [3.8, 4) is 0 Å². The first-order valence-corrected chi connectivity index (χ1v) is 7.28. The van der Waals surface area contributed by atoms with Crippen LogP contribution in [-0.2, 0) is 30.2 Å². The fraction of sp³-hybridized carbons (Fsp3) is 0.250. The van der Waals surface area contributed by atoms with Gasteiger partial charge in [0.2, 0.25) is 0 Å². The zero-order valence-corrected chi connectivity index (χ0v) is 11.3. The van der Waals surface area contributed by atoms with E-state index in [1.165, 1.54) is 15.2 Å². The highest BCUT2D eigenvalue weighted by Crippen LogP contribution is 2.29. The third-order valence-electron chi connectivity index (χ3n) is 3.31. The van der Waals surface area contributed by atoms with Gasteiger partial charge in [-0.15, -0.1) is 0 Å². The number of hydrogen-bond donors (Lipinski definition) is 1. The first-order chi connectivity index (χ1) is 9.00. The summed E-state index contributed by atoms with van der Waals surface area (Å²) in [5, 5.41) is 0.0558. The fourth-order valence-electron chi connectivity index (χ4n) is 2.35. The average molecular weight is 278 g/mol. The molecule has 0 spiro atoms. The molecule has 1 aliphatic rings. The number of rotatable bonds is 2. The topological polar surface area (TPSA) is 81.2 Å². The van der Waals surface area contributed by atoms with Gasteiger partial charge in [0, 0.05) is 20.1 Å². The summed E-state index contributed by atoms with van der Waals surface area (Å²) in [6.07, 6.45) is 1.41. The Morgan fingerprint density at radius 3 is 2.26 bits per heavy atom. The molecule has 0 unspecified atom stereocenters. The maximum absolute atomic E-state index is 12.6. The maximum atomic E-state index is 12.6. The molecule has 0 atom stereocenters. The molecule has 1 aromatic carbocycles. The minimum absolute atomic E-state index is 0.0402. The molecular formula is C12H14N4O2S. The molecular weight excluding hydrogens is 264 g/mol. The average Bonchev–Trinajstić information content (AvgIpc) is 2.93. The number of hydrogen-bond acceptors (Lipinski definition) is 4. The molecule has 0 bridgehead atoms. The largest absolute Gasteiger partial charge is 0.381 e. The van der Waals surface area contributed by atoms with Crippen molar-refractivity contribution in [2.75, 3.05) is 5.73 Å². The number of fused-ring (bicyclic) bond motifs is 1. The second-order valence-electron chi connectivity index (χ2n) is 4.59. The first kappa shape index (κ1) is 12.2. The molecule has 1 aromatic heterocycles. The number of anilines is 1. The van der Waals surface area contributed by atoms with Crippen LogP contribution in [0, 0.1) is 0 Å². The second-order valence-corrected chi connectivity index (χ2v) is 6.44. The summed E-state index contributed by atoms with van der Waals surface area (Å²) in [7, 11) is -1.99. The Hall–Kier alpha value is -1.86. The molecule has 0 saturated carbocycles. The third-order valence-corrected chi connectivity index (χ3v) is 5.23. The van der Waals surface area contributed by atoms with Crippen molar-refractivity contribution in [1.29, 1.82) is 0 Å². The van der Waals surface area contributed by atoms with Gasteiger partial charge in [0.05, 0.1) is 6.33 Å². The Morgan fingerprint density at radius 2 is 1.79 bits per heavy atom.